The first kappa shape index (κ1) is 20.7. The number of nitrogens with one attached hydrogen (secondary N) is 1. The van der Waals surface area contributed by atoms with Gasteiger partial charge in [-0.3, -0.25) is 9.59 Å². The molecule has 10 heteroatoms. The number of anilines is 1. The number of alkyl halides is 3. The molecular formula is C19H21F3N4O3. The third-order valence-electron chi connectivity index (χ3n) is 4.90. The Hall–Kier alpha value is -3.04. The Balaban J connectivity index is 1.88. The third kappa shape index (κ3) is 4.20. The summed E-state index contributed by atoms with van der Waals surface area (Å²) in [7, 11) is 1.31. The van der Waals surface area contributed by atoms with E-state index in [-0.39, 0.29) is 18.4 Å². The Kier molecular flexibility index (Phi) is 5.54. The molecule has 1 aliphatic heterocycles. The van der Waals surface area contributed by atoms with Crippen LogP contribution in [0.2, 0.25) is 0 Å². The summed E-state index contributed by atoms with van der Waals surface area (Å²) in [5.41, 5.74) is 0.397. The van der Waals surface area contributed by atoms with Gasteiger partial charge in [0.15, 0.2) is 0 Å². The lowest BCUT2D eigenvalue weighted by Crippen LogP contribution is -2.41. The van der Waals surface area contributed by atoms with Gasteiger partial charge in [-0.25, -0.2) is 4.98 Å². The first-order chi connectivity index (χ1) is 13.6. The summed E-state index contributed by atoms with van der Waals surface area (Å²) in [6, 6.07) is 4.33. The van der Waals surface area contributed by atoms with E-state index in [1.54, 1.807) is 11.8 Å². The fraction of sp³-hybridized carbons (Fsp3) is 0.421. The molecule has 1 atom stereocenters. The lowest BCUT2D eigenvalue weighted by atomic mass is 10.1. The number of halogens is 3. The Morgan fingerprint density at radius 3 is 2.48 bits per heavy atom. The van der Waals surface area contributed by atoms with Crippen LogP contribution in [0, 0.1) is 0 Å². The third-order valence-corrected chi connectivity index (χ3v) is 4.90. The van der Waals surface area contributed by atoms with Crippen LogP contribution in [-0.4, -0.2) is 34.2 Å². The van der Waals surface area contributed by atoms with Crippen LogP contribution in [0.1, 0.15) is 42.3 Å². The van der Waals surface area contributed by atoms with E-state index in [1.807, 2.05) is 0 Å². The van der Waals surface area contributed by atoms with Crippen molar-refractivity contribution in [1.82, 2.24) is 14.6 Å². The molecule has 0 saturated heterocycles. The molecule has 7 nitrogen and oxygen atoms in total. The minimum Gasteiger partial charge on any atom is -0.411 e. The van der Waals surface area contributed by atoms with Crippen LogP contribution in [0.15, 0.2) is 29.1 Å². The van der Waals surface area contributed by atoms with Gasteiger partial charge in [-0.15, -0.1) is 4.73 Å². The fourth-order valence-electron chi connectivity index (χ4n) is 3.23. The molecule has 1 N–H and O–H groups in total. The fourth-order valence-corrected chi connectivity index (χ4v) is 3.23. The summed E-state index contributed by atoms with van der Waals surface area (Å²) in [5, 5.41) is 3.03. The summed E-state index contributed by atoms with van der Waals surface area (Å²) in [6.07, 6.45) is -3.97. The zero-order valence-electron chi connectivity index (χ0n) is 16.2. The molecule has 0 saturated carbocycles. The van der Waals surface area contributed by atoms with Gasteiger partial charge in [-0.2, -0.15) is 13.2 Å². The molecule has 0 fully saturated rings. The number of hydrogen-bond donors (Lipinski definition) is 1. The highest BCUT2D eigenvalue weighted by atomic mass is 19.4. The predicted molar refractivity (Wildman–Crippen MR) is 99.3 cm³/mol. The van der Waals surface area contributed by atoms with Crippen molar-refractivity contribution in [2.75, 3.05) is 19.0 Å². The first-order valence-electron chi connectivity index (χ1n) is 9.00. The maximum absolute atomic E-state index is 12.8. The van der Waals surface area contributed by atoms with E-state index in [0.29, 0.717) is 29.8 Å². The highest BCUT2D eigenvalue weighted by Crippen LogP contribution is 2.30. The number of aromatic nitrogens is 2. The molecule has 0 spiro atoms. The van der Waals surface area contributed by atoms with Crippen molar-refractivity contribution in [2.24, 2.45) is 0 Å². The topological polar surface area (TPSA) is 76.5 Å². The van der Waals surface area contributed by atoms with Crippen molar-refractivity contribution in [3.8, 4) is 0 Å². The summed E-state index contributed by atoms with van der Waals surface area (Å²) < 4.78 is 39.2. The van der Waals surface area contributed by atoms with Crippen molar-refractivity contribution in [3.63, 3.8) is 0 Å². The number of nitrogens with zero attached hydrogens (tertiary/aromatic N) is 3. The number of carbonyl (C=O) groups is 1. The monoisotopic (exact) mass is 410 g/mol. The maximum Gasteiger partial charge on any atom is 0.416 e. The first-order valence-corrected chi connectivity index (χ1v) is 9.00. The molecule has 1 unspecified atom stereocenters. The lowest BCUT2D eigenvalue weighted by Gasteiger charge is -2.28. The van der Waals surface area contributed by atoms with Gasteiger partial charge in [0.1, 0.15) is 7.11 Å². The molecule has 1 aliphatic rings. The Labute approximate surface area is 165 Å². The maximum atomic E-state index is 12.8. The summed E-state index contributed by atoms with van der Waals surface area (Å²) in [5.74, 6) is 0.0251. The van der Waals surface area contributed by atoms with Crippen LogP contribution in [-0.2, 0) is 23.9 Å². The number of amides is 1. The Morgan fingerprint density at radius 1 is 1.28 bits per heavy atom. The highest BCUT2D eigenvalue weighted by molar-refractivity contribution is 5.73. The van der Waals surface area contributed by atoms with Gasteiger partial charge in [0.2, 0.25) is 11.9 Å². The van der Waals surface area contributed by atoms with Gasteiger partial charge in [-0.05, 0) is 24.6 Å². The normalized spacial score (nSPS) is 14.9. The van der Waals surface area contributed by atoms with Gasteiger partial charge in [0.05, 0.1) is 29.4 Å². The van der Waals surface area contributed by atoms with Crippen LogP contribution in [0.25, 0.3) is 0 Å². The van der Waals surface area contributed by atoms with E-state index in [4.69, 9.17) is 4.84 Å². The van der Waals surface area contributed by atoms with E-state index < -0.39 is 23.3 Å². The molecule has 0 aliphatic carbocycles. The van der Waals surface area contributed by atoms with Crippen LogP contribution < -0.4 is 15.7 Å². The molecule has 0 radical (unpaired) electrons. The minimum atomic E-state index is -4.40. The summed E-state index contributed by atoms with van der Waals surface area (Å²) in [4.78, 5) is 35.6. The second-order valence-electron chi connectivity index (χ2n) is 6.82. The highest BCUT2D eigenvalue weighted by Gasteiger charge is 2.30. The molecule has 3 rings (SSSR count). The molecule has 1 amide bonds. The summed E-state index contributed by atoms with van der Waals surface area (Å²) >= 11 is 0. The molecule has 1 aromatic heterocycles. The van der Waals surface area contributed by atoms with Gasteiger partial charge >= 0.3 is 6.18 Å². The van der Waals surface area contributed by atoms with Crippen molar-refractivity contribution in [2.45, 2.75) is 39.0 Å². The smallest absolute Gasteiger partial charge is 0.411 e. The van der Waals surface area contributed by atoms with Gasteiger partial charge in [0, 0.05) is 19.9 Å². The van der Waals surface area contributed by atoms with Crippen molar-refractivity contribution >= 4 is 11.9 Å². The predicted octanol–water partition coefficient (Wildman–Crippen LogP) is 2.40. The van der Waals surface area contributed by atoms with Crippen molar-refractivity contribution in [3.05, 3.63) is 57.0 Å². The number of rotatable bonds is 4. The Morgan fingerprint density at radius 2 is 1.93 bits per heavy atom. The second-order valence-corrected chi connectivity index (χ2v) is 6.82. The Bertz CT molecular complexity index is 970. The number of benzene rings is 1. The number of carbonyl (C=O) groups excluding carboxylic acids is 1. The SMILES string of the molecule is COn1c(NC(C)c2ccc(C(F)(F)F)cc2)nc2c(c1=O)CN(C(C)=O)CC2. The number of fused-ring (bicyclic) bond motifs is 1. The van der Waals surface area contributed by atoms with Crippen LogP contribution in [0.3, 0.4) is 0 Å². The second kappa shape index (κ2) is 7.76. The van der Waals surface area contributed by atoms with E-state index in [1.165, 1.54) is 26.2 Å². The standard InChI is InChI=1S/C19H21F3N4O3/c1-11(13-4-6-14(7-5-13)19(20,21)22)23-18-24-16-8-9-25(12(2)27)10-15(16)17(28)26(18)29-3/h4-7,11H,8-10H2,1-3H3,(H,23,24). The van der Waals surface area contributed by atoms with Crippen LogP contribution in [0.4, 0.5) is 19.1 Å². The lowest BCUT2D eigenvalue weighted by molar-refractivity contribution is -0.137. The van der Waals surface area contributed by atoms with E-state index in [9.17, 15) is 22.8 Å². The van der Waals surface area contributed by atoms with Gasteiger partial charge < -0.3 is 15.1 Å². The van der Waals surface area contributed by atoms with Crippen LogP contribution in [0.5, 0.6) is 0 Å². The van der Waals surface area contributed by atoms with E-state index in [2.05, 4.69) is 10.3 Å². The zero-order chi connectivity index (χ0) is 21.3. The summed E-state index contributed by atoms with van der Waals surface area (Å²) in [6.45, 7) is 3.80. The average molecular weight is 410 g/mol. The van der Waals surface area contributed by atoms with Gasteiger partial charge in [0.25, 0.3) is 5.56 Å². The van der Waals surface area contributed by atoms with Crippen molar-refractivity contribution < 1.29 is 22.8 Å². The van der Waals surface area contributed by atoms with Crippen molar-refractivity contribution in [1.29, 1.82) is 0 Å². The molecule has 156 valence electrons. The zero-order valence-corrected chi connectivity index (χ0v) is 16.2. The number of hydrogen-bond acceptors (Lipinski definition) is 5. The average Bonchev–Trinajstić information content (AvgIpc) is 2.67. The molecule has 0 bridgehead atoms. The molecule has 2 aromatic rings. The minimum absolute atomic E-state index is 0.128. The van der Waals surface area contributed by atoms with E-state index in [0.717, 1.165) is 16.9 Å². The van der Waals surface area contributed by atoms with Gasteiger partial charge in [-0.1, -0.05) is 12.1 Å². The van der Waals surface area contributed by atoms with E-state index >= 15 is 0 Å². The molecule has 1 aromatic carbocycles. The molecule has 2 heterocycles. The van der Waals surface area contributed by atoms with Crippen LogP contribution >= 0.6 is 0 Å². The molecule has 29 heavy (non-hydrogen) atoms. The largest absolute Gasteiger partial charge is 0.416 e. The quantitative estimate of drug-likeness (QED) is 0.838. The molecular weight excluding hydrogens is 389 g/mol.